The molecule has 144 valence electrons. The van der Waals surface area contributed by atoms with E-state index < -0.39 is 0 Å². The van der Waals surface area contributed by atoms with Crippen molar-refractivity contribution in [3.8, 4) is 11.5 Å². The first kappa shape index (κ1) is 19.5. The number of benzene rings is 1. The monoisotopic (exact) mass is 434 g/mol. The topological polar surface area (TPSA) is 69.6 Å². The third kappa shape index (κ3) is 5.35. The molecule has 0 spiro atoms. The highest BCUT2D eigenvalue weighted by Crippen LogP contribution is 2.33. The van der Waals surface area contributed by atoms with E-state index in [0.717, 1.165) is 17.3 Å². The summed E-state index contributed by atoms with van der Waals surface area (Å²) in [6, 6.07) is 8.52. The molecular formula is C20H23BrN2O4. The molecule has 1 aromatic carbocycles. The van der Waals surface area contributed by atoms with Crippen LogP contribution >= 0.6 is 15.9 Å². The van der Waals surface area contributed by atoms with Crippen LogP contribution in [0, 0.1) is 0 Å². The number of carbonyl (C=O) groups is 1. The standard InChI is InChI=1S/C20H23BrN2O4/c1-26-17-8-7-15(12-18(17)27-16-4-2-3-5-16)22-19(24)10-11-23-13-14(21)6-9-20(23)25/h6-9,12-13,16H,2-5,10-11H2,1H3,(H,22,24). The van der Waals surface area contributed by atoms with Crippen LogP contribution in [0.3, 0.4) is 0 Å². The number of pyridine rings is 1. The molecule has 1 aromatic heterocycles. The van der Waals surface area contributed by atoms with Crippen LogP contribution in [0.15, 0.2) is 45.8 Å². The number of methoxy groups -OCH3 is 1. The largest absolute Gasteiger partial charge is 0.493 e. The Morgan fingerprint density at radius 3 is 2.74 bits per heavy atom. The molecule has 6 nitrogen and oxygen atoms in total. The normalized spacial score (nSPS) is 14.1. The van der Waals surface area contributed by atoms with Crippen molar-refractivity contribution in [2.24, 2.45) is 0 Å². The van der Waals surface area contributed by atoms with Gasteiger partial charge < -0.3 is 19.4 Å². The quantitative estimate of drug-likeness (QED) is 0.715. The molecule has 0 aliphatic heterocycles. The van der Waals surface area contributed by atoms with E-state index in [2.05, 4.69) is 21.2 Å². The van der Waals surface area contributed by atoms with Gasteiger partial charge in [0.05, 0.1) is 13.2 Å². The van der Waals surface area contributed by atoms with Crippen molar-refractivity contribution >= 4 is 27.5 Å². The highest BCUT2D eigenvalue weighted by Gasteiger charge is 2.19. The summed E-state index contributed by atoms with van der Waals surface area (Å²) in [4.78, 5) is 24.1. The van der Waals surface area contributed by atoms with Gasteiger partial charge in [0.1, 0.15) is 0 Å². The second-order valence-corrected chi connectivity index (χ2v) is 7.48. The van der Waals surface area contributed by atoms with Gasteiger partial charge in [-0.05, 0) is 59.8 Å². The maximum Gasteiger partial charge on any atom is 0.250 e. The van der Waals surface area contributed by atoms with E-state index in [4.69, 9.17) is 9.47 Å². The first-order chi connectivity index (χ1) is 13.0. The average Bonchev–Trinajstić information content (AvgIpc) is 3.16. The van der Waals surface area contributed by atoms with Gasteiger partial charge in [0.15, 0.2) is 11.5 Å². The fourth-order valence-corrected chi connectivity index (χ4v) is 3.53. The number of nitrogens with zero attached hydrogens (tertiary/aromatic N) is 1. The number of aryl methyl sites for hydroxylation is 1. The molecule has 2 aromatic rings. The summed E-state index contributed by atoms with van der Waals surface area (Å²) in [6.45, 7) is 0.311. The van der Waals surface area contributed by atoms with E-state index in [9.17, 15) is 9.59 Å². The van der Waals surface area contributed by atoms with Gasteiger partial charge in [0, 0.05) is 41.5 Å². The van der Waals surface area contributed by atoms with Gasteiger partial charge in [-0.25, -0.2) is 0 Å². The summed E-state index contributed by atoms with van der Waals surface area (Å²) in [5.74, 6) is 1.13. The Morgan fingerprint density at radius 2 is 2.00 bits per heavy atom. The Morgan fingerprint density at radius 1 is 1.22 bits per heavy atom. The molecule has 1 amide bonds. The van der Waals surface area contributed by atoms with Crippen LogP contribution in [0.2, 0.25) is 0 Å². The maximum absolute atomic E-state index is 12.3. The number of nitrogens with one attached hydrogen (secondary N) is 1. The van der Waals surface area contributed by atoms with E-state index >= 15 is 0 Å². The van der Waals surface area contributed by atoms with Gasteiger partial charge >= 0.3 is 0 Å². The lowest BCUT2D eigenvalue weighted by atomic mass is 10.2. The van der Waals surface area contributed by atoms with Crippen molar-refractivity contribution in [1.29, 1.82) is 0 Å². The molecule has 27 heavy (non-hydrogen) atoms. The molecule has 0 saturated heterocycles. The number of rotatable bonds is 7. The highest BCUT2D eigenvalue weighted by molar-refractivity contribution is 9.10. The lowest BCUT2D eigenvalue weighted by Gasteiger charge is -2.17. The van der Waals surface area contributed by atoms with Crippen LogP contribution in [0.1, 0.15) is 32.1 Å². The number of anilines is 1. The zero-order chi connectivity index (χ0) is 19.2. The minimum absolute atomic E-state index is 0.136. The fourth-order valence-electron chi connectivity index (χ4n) is 3.15. The van der Waals surface area contributed by atoms with Crippen LogP contribution in [0.25, 0.3) is 0 Å². The van der Waals surface area contributed by atoms with Gasteiger partial charge in [-0.15, -0.1) is 0 Å². The predicted octanol–water partition coefficient (Wildman–Crippen LogP) is 3.97. The van der Waals surface area contributed by atoms with Crippen LogP contribution in [-0.2, 0) is 11.3 Å². The SMILES string of the molecule is COc1ccc(NC(=O)CCn2cc(Br)ccc2=O)cc1OC1CCCC1. The van der Waals surface area contributed by atoms with Gasteiger partial charge in [-0.2, -0.15) is 0 Å². The molecule has 1 aliphatic carbocycles. The molecule has 1 saturated carbocycles. The molecule has 3 rings (SSSR count). The summed E-state index contributed by atoms with van der Waals surface area (Å²) < 4.78 is 13.7. The van der Waals surface area contributed by atoms with Crippen LogP contribution in [-0.4, -0.2) is 23.7 Å². The van der Waals surface area contributed by atoms with Gasteiger partial charge in [0.25, 0.3) is 5.56 Å². The van der Waals surface area contributed by atoms with Crippen molar-refractivity contribution in [2.75, 3.05) is 12.4 Å². The molecule has 0 radical (unpaired) electrons. The fraction of sp³-hybridized carbons (Fsp3) is 0.400. The van der Waals surface area contributed by atoms with Crippen LogP contribution < -0.4 is 20.3 Å². The number of ether oxygens (including phenoxy) is 2. The van der Waals surface area contributed by atoms with Crippen molar-refractivity contribution in [3.63, 3.8) is 0 Å². The Kier molecular flexibility index (Phi) is 6.55. The van der Waals surface area contributed by atoms with Gasteiger partial charge in [0.2, 0.25) is 5.91 Å². The van der Waals surface area contributed by atoms with E-state index in [0.29, 0.717) is 23.7 Å². The molecule has 1 heterocycles. The lowest BCUT2D eigenvalue weighted by Crippen LogP contribution is -2.22. The third-order valence-corrected chi connectivity index (χ3v) is 5.04. The molecule has 0 unspecified atom stereocenters. The van der Waals surface area contributed by atoms with Crippen molar-refractivity contribution in [2.45, 2.75) is 44.8 Å². The molecule has 0 atom stereocenters. The second-order valence-electron chi connectivity index (χ2n) is 6.57. The minimum Gasteiger partial charge on any atom is -0.493 e. The highest BCUT2D eigenvalue weighted by atomic mass is 79.9. The lowest BCUT2D eigenvalue weighted by molar-refractivity contribution is -0.116. The minimum atomic E-state index is -0.168. The van der Waals surface area contributed by atoms with E-state index in [1.54, 1.807) is 37.6 Å². The first-order valence-corrected chi connectivity index (χ1v) is 9.85. The van der Waals surface area contributed by atoms with Gasteiger partial charge in [-0.1, -0.05) is 0 Å². The van der Waals surface area contributed by atoms with Crippen molar-refractivity contribution in [1.82, 2.24) is 4.57 Å². The van der Waals surface area contributed by atoms with E-state index in [-0.39, 0.29) is 24.0 Å². The summed E-state index contributed by atoms with van der Waals surface area (Å²) >= 11 is 3.33. The molecule has 1 N–H and O–H groups in total. The number of hydrogen-bond donors (Lipinski definition) is 1. The Bertz CT molecular complexity index is 859. The van der Waals surface area contributed by atoms with E-state index in [1.807, 2.05) is 0 Å². The zero-order valence-electron chi connectivity index (χ0n) is 15.2. The zero-order valence-corrected chi connectivity index (χ0v) is 16.8. The summed E-state index contributed by atoms with van der Waals surface area (Å²) in [5.41, 5.74) is 0.512. The molecular weight excluding hydrogens is 412 g/mol. The predicted molar refractivity (Wildman–Crippen MR) is 108 cm³/mol. The number of carbonyl (C=O) groups excluding carboxylic acids is 1. The number of hydrogen-bond acceptors (Lipinski definition) is 4. The number of amides is 1. The average molecular weight is 435 g/mol. The Balaban J connectivity index is 1.62. The maximum atomic E-state index is 12.3. The Labute approximate surface area is 166 Å². The molecule has 1 fully saturated rings. The summed E-state index contributed by atoms with van der Waals surface area (Å²) in [6.07, 6.45) is 6.52. The third-order valence-electron chi connectivity index (χ3n) is 4.57. The van der Waals surface area contributed by atoms with Crippen molar-refractivity contribution in [3.05, 3.63) is 51.4 Å². The second kappa shape index (κ2) is 9.08. The van der Waals surface area contributed by atoms with E-state index in [1.165, 1.54) is 23.5 Å². The Hall–Kier alpha value is -2.28. The summed E-state index contributed by atoms with van der Waals surface area (Å²) in [7, 11) is 1.60. The smallest absolute Gasteiger partial charge is 0.250 e. The van der Waals surface area contributed by atoms with Gasteiger partial charge in [-0.3, -0.25) is 9.59 Å². The summed E-state index contributed by atoms with van der Waals surface area (Å²) in [5, 5.41) is 2.86. The molecule has 0 bridgehead atoms. The first-order valence-electron chi connectivity index (χ1n) is 9.05. The molecule has 7 heteroatoms. The van der Waals surface area contributed by atoms with Crippen LogP contribution in [0.4, 0.5) is 5.69 Å². The number of aromatic nitrogens is 1. The molecule has 1 aliphatic rings. The van der Waals surface area contributed by atoms with Crippen molar-refractivity contribution < 1.29 is 14.3 Å². The van der Waals surface area contributed by atoms with Crippen LogP contribution in [0.5, 0.6) is 11.5 Å². The number of halogens is 1.